The quantitative estimate of drug-likeness (QED) is 0.761. The van der Waals surface area contributed by atoms with Gasteiger partial charge in [-0.05, 0) is 52.0 Å². The first-order chi connectivity index (χ1) is 7.87. The Balaban J connectivity index is 1.92. The molecule has 4 atom stereocenters. The third kappa shape index (κ3) is 1.42. The predicted octanol–water partition coefficient (Wildman–Crippen LogP) is 2.25. The summed E-state index contributed by atoms with van der Waals surface area (Å²) in [4.78, 5) is 0. The lowest BCUT2D eigenvalue weighted by Crippen LogP contribution is -2.55. The molecule has 0 aromatic heterocycles. The van der Waals surface area contributed by atoms with Gasteiger partial charge in [0.05, 0.1) is 18.5 Å². The molecule has 3 rings (SSSR count). The fourth-order valence-electron chi connectivity index (χ4n) is 3.83. The molecule has 0 aromatic carbocycles. The minimum atomic E-state index is -0.630. The zero-order valence-corrected chi connectivity index (χ0v) is 10.9. The Hall–Kier alpha value is -0.540. The Morgan fingerprint density at radius 2 is 2.12 bits per heavy atom. The summed E-state index contributed by atoms with van der Waals surface area (Å²) in [5.41, 5.74) is -1.15. The van der Waals surface area contributed by atoms with E-state index in [0.717, 1.165) is 25.9 Å². The van der Waals surface area contributed by atoms with Gasteiger partial charge in [-0.15, -0.1) is 0 Å². The molecule has 0 bridgehead atoms. The second kappa shape index (κ2) is 3.27. The van der Waals surface area contributed by atoms with Crippen molar-refractivity contribution < 1.29 is 14.6 Å². The normalized spacial score (nSPS) is 48.7. The van der Waals surface area contributed by atoms with Crippen LogP contribution in [0, 0.1) is 11.8 Å². The van der Waals surface area contributed by atoms with E-state index >= 15 is 0 Å². The molecule has 2 heterocycles. The summed E-state index contributed by atoms with van der Waals surface area (Å²) in [6.07, 6.45) is 6.88. The standard InChI is InChI=1S/C14H22O3/c1-12(2,15)10-4-5-11-9-17-13(3)6-7-16-14(11,13)8-10/h6-7,10-11,15H,4-5,8-9H2,1-3H3/t10-,11+,13-,14-/m1/s1. The van der Waals surface area contributed by atoms with Gasteiger partial charge in [-0.2, -0.15) is 0 Å². The highest BCUT2D eigenvalue weighted by molar-refractivity contribution is 5.23. The molecule has 2 aliphatic heterocycles. The Morgan fingerprint density at radius 1 is 1.35 bits per heavy atom. The Kier molecular flexibility index (Phi) is 2.22. The monoisotopic (exact) mass is 238 g/mol. The molecule has 1 spiro atoms. The van der Waals surface area contributed by atoms with Gasteiger partial charge in [-0.25, -0.2) is 0 Å². The van der Waals surface area contributed by atoms with Crippen molar-refractivity contribution in [3.63, 3.8) is 0 Å². The van der Waals surface area contributed by atoms with E-state index < -0.39 is 5.60 Å². The van der Waals surface area contributed by atoms with Gasteiger partial charge >= 0.3 is 0 Å². The zero-order valence-electron chi connectivity index (χ0n) is 10.9. The van der Waals surface area contributed by atoms with Crippen molar-refractivity contribution in [2.45, 2.75) is 56.8 Å². The van der Waals surface area contributed by atoms with E-state index in [1.54, 1.807) is 6.26 Å². The van der Waals surface area contributed by atoms with Gasteiger partial charge < -0.3 is 14.6 Å². The van der Waals surface area contributed by atoms with Gasteiger partial charge in [-0.3, -0.25) is 0 Å². The fourth-order valence-corrected chi connectivity index (χ4v) is 3.83. The number of ether oxygens (including phenoxy) is 2. The van der Waals surface area contributed by atoms with Crippen molar-refractivity contribution in [1.29, 1.82) is 0 Å². The van der Waals surface area contributed by atoms with Crippen LogP contribution in [0.4, 0.5) is 0 Å². The summed E-state index contributed by atoms with van der Waals surface area (Å²) < 4.78 is 11.9. The molecule has 1 N–H and O–H groups in total. The second-order valence-corrected chi connectivity index (χ2v) is 6.56. The number of rotatable bonds is 1. The Morgan fingerprint density at radius 3 is 2.82 bits per heavy atom. The molecule has 0 radical (unpaired) electrons. The molecule has 3 aliphatic rings. The smallest absolute Gasteiger partial charge is 0.146 e. The van der Waals surface area contributed by atoms with Crippen molar-refractivity contribution in [3.05, 3.63) is 12.3 Å². The highest BCUT2D eigenvalue weighted by Gasteiger charge is 2.64. The molecule has 0 aromatic rings. The Labute approximate surface area is 103 Å². The molecule has 3 nitrogen and oxygen atoms in total. The van der Waals surface area contributed by atoms with E-state index in [2.05, 4.69) is 6.92 Å². The summed E-state index contributed by atoms with van der Waals surface area (Å²) in [5, 5.41) is 10.2. The van der Waals surface area contributed by atoms with Crippen molar-refractivity contribution in [3.8, 4) is 0 Å². The minimum Gasteiger partial charge on any atom is -0.491 e. The summed E-state index contributed by atoms with van der Waals surface area (Å²) in [6.45, 7) is 6.72. The highest BCUT2D eigenvalue weighted by atomic mass is 16.6. The number of hydrogen-bond acceptors (Lipinski definition) is 3. The van der Waals surface area contributed by atoms with Gasteiger partial charge in [0.25, 0.3) is 0 Å². The van der Waals surface area contributed by atoms with Gasteiger partial charge in [-0.1, -0.05) is 0 Å². The van der Waals surface area contributed by atoms with Crippen molar-refractivity contribution in [2.75, 3.05) is 6.61 Å². The van der Waals surface area contributed by atoms with Gasteiger partial charge in [0.15, 0.2) is 0 Å². The number of aliphatic hydroxyl groups is 1. The van der Waals surface area contributed by atoms with E-state index in [0.29, 0.717) is 11.8 Å². The molecule has 96 valence electrons. The van der Waals surface area contributed by atoms with Crippen LogP contribution in [0.25, 0.3) is 0 Å². The first kappa shape index (κ1) is 11.5. The summed E-state index contributed by atoms with van der Waals surface area (Å²) in [7, 11) is 0. The lowest BCUT2D eigenvalue weighted by Gasteiger charge is -2.47. The van der Waals surface area contributed by atoms with Crippen LogP contribution in [-0.2, 0) is 9.47 Å². The molecule has 0 unspecified atom stereocenters. The predicted molar refractivity (Wildman–Crippen MR) is 64.4 cm³/mol. The van der Waals surface area contributed by atoms with Gasteiger partial charge in [0, 0.05) is 5.92 Å². The lowest BCUT2D eigenvalue weighted by molar-refractivity contribution is -0.126. The topological polar surface area (TPSA) is 38.7 Å². The van der Waals surface area contributed by atoms with E-state index in [1.807, 2.05) is 19.9 Å². The molecule has 17 heavy (non-hydrogen) atoms. The van der Waals surface area contributed by atoms with Gasteiger partial charge in [0.1, 0.15) is 11.2 Å². The van der Waals surface area contributed by atoms with Crippen LogP contribution in [0.15, 0.2) is 12.3 Å². The molecular weight excluding hydrogens is 216 g/mol. The average molecular weight is 238 g/mol. The van der Waals surface area contributed by atoms with Crippen molar-refractivity contribution in [1.82, 2.24) is 0 Å². The summed E-state index contributed by atoms with van der Waals surface area (Å²) in [5.74, 6) is 0.765. The third-order valence-corrected chi connectivity index (χ3v) is 5.16. The van der Waals surface area contributed by atoms with Crippen LogP contribution in [0.3, 0.4) is 0 Å². The highest BCUT2D eigenvalue weighted by Crippen LogP contribution is 2.56. The summed E-state index contributed by atoms with van der Waals surface area (Å²) in [6, 6.07) is 0. The van der Waals surface area contributed by atoms with E-state index in [9.17, 15) is 5.11 Å². The lowest BCUT2D eigenvalue weighted by atomic mass is 9.63. The maximum Gasteiger partial charge on any atom is 0.146 e. The zero-order chi connectivity index (χ0) is 12.3. The fraction of sp³-hybridized carbons (Fsp3) is 0.857. The van der Waals surface area contributed by atoms with E-state index in [4.69, 9.17) is 9.47 Å². The Bertz CT molecular complexity index is 357. The van der Waals surface area contributed by atoms with E-state index in [-0.39, 0.29) is 11.2 Å². The van der Waals surface area contributed by atoms with E-state index in [1.165, 1.54) is 0 Å². The van der Waals surface area contributed by atoms with Crippen LogP contribution in [-0.4, -0.2) is 28.5 Å². The molecule has 1 saturated heterocycles. The first-order valence-corrected chi connectivity index (χ1v) is 6.59. The molecule has 0 amide bonds. The van der Waals surface area contributed by atoms with Crippen LogP contribution >= 0.6 is 0 Å². The van der Waals surface area contributed by atoms with Crippen LogP contribution < -0.4 is 0 Å². The van der Waals surface area contributed by atoms with Crippen molar-refractivity contribution in [2.24, 2.45) is 11.8 Å². The van der Waals surface area contributed by atoms with Crippen LogP contribution in [0.5, 0.6) is 0 Å². The largest absolute Gasteiger partial charge is 0.491 e. The van der Waals surface area contributed by atoms with Crippen LogP contribution in [0.2, 0.25) is 0 Å². The van der Waals surface area contributed by atoms with Crippen LogP contribution in [0.1, 0.15) is 40.0 Å². The maximum atomic E-state index is 10.2. The molecule has 2 fully saturated rings. The third-order valence-electron chi connectivity index (χ3n) is 5.16. The van der Waals surface area contributed by atoms with Gasteiger partial charge in [0.2, 0.25) is 0 Å². The SMILES string of the molecule is CC(C)(O)[C@@H]1CC[C@H]2CO[C@]3(C)C=CO[C@]23C1. The molecular formula is C14H22O3. The molecule has 1 saturated carbocycles. The minimum absolute atomic E-state index is 0.226. The molecule has 1 aliphatic carbocycles. The van der Waals surface area contributed by atoms with Crippen molar-refractivity contribution >= 4 is 0 Å². The number of hydrogen-bond donors (Lipinski definition) is 1. The first-order valence-electron chi connectivity index (χ1n) is 6.59. The average Bonchev–Trinajstić information content (AvgIpc) is 2.66. The second-order valence-electron chi connectivity index (χ2n) is 6.56. The molecule has 3 heteroatoms. The maximum absolute atomic E-state index is 10.2. The summed E-state index contributed by atoms with van der Waals surface area (Å²) >= 11 is 0.